The lowest BCUT2D eigenvalue weighted by Gasteiger charge is -2.07. The molecule has 1 heterocycles. The summed E-state index contributed by atoms with van der Waals surface area (Å²) in [7, 11) is 0. The molecule has 0 radical (unpaired) electrons. The van der Waals surface area contributed by atoms with Crippen molar-refractivity contribution in [2.24, 2.45) is 0 Å². The van der Waals surface area contributed by atoms with E-state index in [9.17, 15) is 5.11 Å². The van der Waals surface area contributed by atoms with E-state index >= 15 is 0 Å². The van der Waals surface area contributed by atoms with Gasteiger partial charge in [0.25, 0.3) is 0 Å². The molecule has 0 aliphatic rings. The minimum absolute atomic E-state index is 0.0968. The molecule has 2 rings (SSSR count). The van der Waals surface area contributed by atoms with E-state index in [1.807, 2.05) is 12.1 Å². The van der Waals surface area contributed by atoms with Crippen molar-refractivity contribution >= 4 is 33.2 Å². The number of hydrogen-bond acceptors (Lipinski definition) is 3. The molecule has 0 bridgehead atoms. The third kappa shape index (κ3) is 3.35. The number of rotatable bonds is 3. The van der Waals surface area contributed by atoms with Gasteiger partial charge in [-0.25, -0.2) is 0 Å². The van der Waals surface area contributed by atoms with E-state index in [1.54, 1.807) is 24.5 Å². The van der Waals surface area contributed by atoms with E-state index in [-0.39, 0.29) is 5.75 Å². The number of halogens is 2. The average Bonchev–Trinajstić information content (AvgIpc) is 2.31. The second kappa shape index (κ2) is 5.38. The van der Waals surface area contributed by atoms with Gasteiger partial charge in [0, 0.05) is 17.2 Å². The van der Waals surface area contributed by atoms with Crippen molar-refractivity contribution in [3.63, 3.8) is 0 Å². The summed E-state index contributed by atoms with van der Waals surface area (Å²) in [4.78, 5) is 4.05. The van der Waals surface area contributed by atoms with Gasteiger partial charge in [0.15, 0.2) is 0 Å². The molecule has 0 aliphatic heterocycles. The molecule has 5 heteroatoms. The van der Waals surface area contributed by atoms with Crippen LogP contribution in [0.15, 0.2) is 41.1 Å². The molecule has 0 saturated heterocycles. The molecular formula is C12H10BrClN2O. The maximum Gasteiger partial charge on any atom is 0.134 e. The number of nitrogens with zero attached hydrogens (tertiary/aromatic N) is 1. The molecule has 1 aromatic heterocycles. The van der Waals surface area contributed by atoms with Gasteiger partial charge >= 0.3 is 0 Å². The van der Waals surface area contributed by atoms with E-state index in [2.05, 4.69) is 26.2 Å². The summed E-state index contributed by atoms with van der Waals surface area (Å²) in [5, 5.41) is 12.9. The predicted octanol–water partition coefficient (Wildman–Crippen LogP) is 3.82. The molecule has 0 saturated carbocycles. The Bertz CT molecular complexity index is 534. The Morgan fingerprint density at radius 1 is 1.29 bits per heavy atom. The average molecular weight is 314 g/mol. The number of nitrogens with one attached hydrogen (secondary N) is 1. The topological polar surface area (TPSA) is 45.1 Å². The van der Waals surface area contributed by atoms with Crippen LogP contribution >= 0.6 is 27.5 Å². The summed E-state index contributed by atoms with van der Waals surface area (Å²) < 4.78 is 0.922. The van der Waals surface area contributed by atoms with Crippen LogP contribution in [0.4, 0.5) is 5.69 Å². The lowest BCUT2D eigenvalue weighted by atomic mass is 10.2. The molecule has 17 heavy (non-hydrogen) atoms. The Kier molecular flexibility index (Phi) is 3.86. The van der Waals surface area contributed by atoms with Crippen molar-refractivity contribution < 1.29 is 5.11 Å². The fourth-order valence-electron chi connectivity index (χ4n) is 1.37. The predicted molar refractivity (Wildman–Crippen MR) is 72.4 cm³/mol. The molecule has 0 aliphatic carbocycles. The van der Waals surface area contributed by atoms with Crippen LogP contribution < -0.4 is 5.32 Å². The van der Waals surface area contributed by atoms with Gasteiger partial charge in [-0.15, -0.1) is 0 Å². The SMILES string of the molecule is Oc1ccc(CNc2cncc(Br)c2)cc1Cl. The molecule has 1 aromatic carbocycles. The Morgan fingerprint density at radius 3 is 2.82 bits per heavy atom. The van der Waals surface area contributed by atoms with Crippen molar-refractivity contribution in [2.45, 2.75) is 6.54 Å². The van der Waals surface area contributed by atoms with Gasteiger partial charge in [-0.05, 0) is 39.7 Å². The number of benzene rings is 1. The fraction of sp³-hybridized carbons (Fsp3) is 0.0833. The van der Waals surface area contributed by atoms with Gasteiger partial charge in [-0.3, -0.25) is 4.98 Å². The number of pyridine rings is 1. The summed E-state index contributed by atoms with van der Waals surface area (Å²) in [5.41, 5.74) is 1.91. The highest BCUT2D eigenvalue weighted by molar-refractivity contribution is 9.10. The largest absolute Gasteiger partial charge is 0.506 e. The van der Waals surface area contributed by atoms with Crippen LogP contribution in [0.2, 0.25) is 5.02 Å². The number of aromatic nitrogens is 1. The standard InChI is InChI=1S/C12H10BrClN2O/c13-9-4-10(7-15-6-9)16-5-8-1-2-12(17)11(14)3-8/h1-4,6-7,16-17H,5H2. The van der Waals surface area contributed by atoms with Gasteiger partial charge in [0.1, 0.15) is 5.75 Å². The zero-order chi connectivity index (χ0) is 12.3. The Balaban J connectivity index is 2.05. The maximum atomic E-state index is 9.30. The Labute approximate surface area is 113 Å². The van der Waals surface area contributed by atoms with Crippen LogP contribution in [0.5, 0.6) is 5.75 Å². The van der Waals surface area contributed by atoms with Crippen molar-refractivity contribution in [3.05, 3.63) is 51.7 Å². The number of hydrogen-bond donors (Lipinski definition) is 2. The van der Waals surface area contributed by atoms with Gasteiger partial charge < -0.3 is 10.4 Å². The highest BCUT2D eigenvalue weighted by Gasteiger charge is 2.00. The van der Waals surface area contributed by atoms with E-state index in [0.29, 0.717) is 11.6 Å². The molecule has 0 fully saturated rings. The molecule has 0 atom stereocenters. The van der Waals surface area contributed by atoms with Gasteiger partial charge in [0.2, 0.25) is 0 Å². The van der Waals surface area contributed by atoms with E-state index in [0.717, 1.165) is 15.7 Å². The molecule has 0 unspecified atom stereocenters. The molecule has 2 N–H and O–H groups in total. The summed E-state index contributed by atoms with van der Waals surface area (Å²) in [6.07, 6.45) is 3.47. The van der Waals surface area contributed by atoms with Crippen LogP contribution in [-0.2, 0) is 6.54 Å². The number of anilines is 1. The molecule has 0 spiro atoms. The Hall–Kier alpha value is -1.26. The van der Waals surface area contributed by atoms with Crippen LogP contribution in [0.1, 0.15) is 5.56 Å². The van der Waals surface area contributed by atoms with Crippen LogP contribution in [0.3, 0.4) is 0 Å². The first-order valence-electron chi connectivity index (χ1n) is 4.97. The zero-order valence-corrected chi connectivity index (χ0v) is 11.2. The first-order chi connectivity index (χ1) is 8.15. The summed E-state index contributed by atoms with van der Waals surface area (Å²) in [5.74, 6) is 0.0968. The van der Waals surface area contributed by atoms with Crippen molar-refractivity contribution in [1.82, 2.24) is 4.98 Å². The minimum atomic E-state index is 0.0968. The van der Waals surface area contributed by atoms with Crippen molar-refractivity contribution in [1.29, 1.82) is 0 Å². The lowest BCUT2D eigenvalue weighted by Crippen LogP contribution is -1.99. The number of aromatic hydroxyl groups is 1. The normalized spacial score (nSPS) is 10.2. The third-order valence-electron chi connectivity index (χ3n) is 2.21. The molecular weight excluding hydrogens is 304 g/mol. The van der Waals surface area contributed by atoms with E-state index < -0.39 is 0 Å². The van der Waals surface area contributed by atoms with E-state index in [1.165, 1.54) is 0 Å². The molecule has 3 nitrogen and oxygen atoms in total. The van der Waals surface area contributed by atoms with Crippen LogP contribution in [-0.4, -0.2) is 10.1 Å². The third-order valence-corrected chi connectivity index (χ3v) is 2.95. The first-order valence-corrected chi connectivity index (χ1v) is 6.14. The molecule has 88 valence electrons. The first kappa shape index (κ1) is 12.2. The maximum absolute atomic E-state index is 9.30. The lowest BCUT2D eigenvalue weighted by molar-refractivity contribution is 0.475. The van der Waals surface area contributed by atoms with Crippen LogP contribution in [0, 0.1) is 0 Å². The smallest absolute Gasteiger partial charge is 0.134 e. The minimum Gasteiger partial charge on any atom is -0.506 e. The summed E-state index contributed by atoms with van der Waals surface area (Å²) >= 11 is 9.18. The van der Waals surface area contributed by atoms with Crippen molar-refractivity contribution in [3.8, 4) is 5.75 Å². The number of phenols is 1. The monoisotopic (exact) mass is 312 g/mol. The second-order valence-corrected chi connectivity index (χ2v) is 4.85. The highest BCUT2D eigenvalue weighted by atomic mass is 79.9. The Morgan fingerprint density at radius 2 is 2.12 bits per heavy atom. The molecule has 2 aromatic rings. The van der Waals surface area contributed by atoms with Crippen molar-refractivity contribution in [2.75, 3.05) is 5.32 Å². The van der Waals surface area contributed by atoms with Crippen LogP contribution in [0.25, 0.3) is 0 Å². The van der Waals surface area contributed by atoms with E-state index in [4.69, 9.17) is 11.6 Å². The summed E-state index contributed by atoms with van der Waals surface area (Å²) in [6, 6.07) is 7.07. The molecule has 0 amide bonds. The van der Waals surface area contributed by atoms with Gasteiger partial charge in [-0.2, -0.15) is 0 Å². The number of phenolic OH excluding ortho intramolecular Hbond substituents is 1. The fourth-order valence-corrected chi connectivity index (χ4v) is 1.94. The summed E-state index contributed by atoms with van der Waals surface area (Å²) in [6.45, 7) is 0.623. The zero-order valence-electron chi connectivity index (χ0n) is 8.82. The van der Waals surface area contributed by atoms with Gasteiger partial charge in [-0.1, -0.05) is 17.7 Å². The quantitative estimate of drug-likeness (QED) is 0.905. The van der Waals surface area contributed by atoms with Gasteiger partial charge in [0.05, 0.1) is 16.9 Å². The highest BCUT2D eigenvalue weighted by Crippen LogP contribution is 2.24. The second-order valence-electron chi connectivity index (χ2n) is 3.53.